The quantitative estimate of drug-likeness (QED) is 0.368. The summed E-state index contributed by atoms with van der Waals surface area (Å²) in [6.45, 7) is -0.890. The van der Waals surface area contributed by atoms with Crippen molar-refractivity contribution in [2.45, 2.75) is 44.5 Å². The molecule has 0 aliphatic carbocycles. The molecule has 1 saturated heterocycles. The third-order valence-electron chi connectivity index (χ3n) is 7.34. The lowest BCUT2D eigenvalue weighted by Gasteiger charge is -2.23. The Morgan fingerprint density at radius 2 is 1.86 bits per heavy atom. The fourth-order valence-corrected chi connectivity index (χ4v) is 5.69. The highest BCUT2D eigenvalue weighted by Crippen LogP contribution is 2.37. The van der Waals surface area contributed by atoms with E-state index in [1.807, 2.05) is 22.9 Å². The van der Waals surface area contributed by atoms with E-state index in [2.05, 4.69) is 14.9 Å². The number of benzene rings is 2. The number of ether oxygens (including phenoxy) is 2. The van der Waals surface area contributed by atoms with Crippen molar-refractivity contribution in [2.24, 2.45) is 0 Å². The van der Waals surface area contributed by atoms with Gasteiger partial charge >= 0.3 is 6.61 Å². The SMILES string of the molecule is COC[C@H]1CCCN1c1ncc(-c2ccc3c(=O)n4n(c3c2)[C@H](c2ccccc2OC(F)F)CC4)cn1. The van der Waals surface area contributed by atoms with E-state index < -0.39 is 6.61 Å². The van der Waals surface area contributed by atoms with Crippen LogP contribution in [0.5, 0.6) is 5.75 Å². The maximum absolute atomic E-state index is 13.1. The maximum atomic E-state index is 13.1. The van der Waals surface area contributed by atoms with Crippen molar-refractivity contribution in [3.63, 3.8) is 0 Å². The Kier molecular flexibility index (Phi) is 6.11. The molecule has 0 bridgehead atoms. The second kappa shape index (κ2) is 9.59. The second-order valence-corrected chi connectivity index (χ2v) is 9.44. The van der Waals surface area contributed by atoms with E-state index >= 15 is 0 Å². The van der Waals surface area contributed by atoms with Crippen molar-refractivity contribution in [1.82, 2.24) is 19.3 Å². The van der Waals surface area contributed by atoms with Crippen LogP contribution in [0, 0.1) is 0 Å². The normalized spacial score (nSPS) is 19.2. The van der Waals surface area contributed by atoms with Crippen molar-refractivity contribution >= 4 is 16.9 Å². The van der Waals surface area contributed by atoms with Crippen LogP contribution >= 0.6 is 0 Å². The van der Waals surface area contributed by atoms with Gasteiger partial charge in [-0.2, -0.15) is 8.78 Å². The van der Waals surface area contributed by atoms with Crippen LogP contribution < -0.4 is 15.2 Å². The van der Waals surface area contributed by atoms with E-state index in [0.717, 1.165) is 36.0 Å². The molecule has 2 aromatic heterocycles. The average molecular weight is 508 g/mol. The molecule has 0 saturated carbocycles. The minimum Gasteiger partial charge on any atom is -0.434 e. The van der Waals surface area contributed by atoms with Crippen molar-refractivity contribution in [1.29, 1.82) is 0 Å². The van der Waals surface area contributed by atoms with Gasteiger partial charge in [0.05, 0.1) is 29.6 Å². The molecule has 2 atom stereocenters. The number of alkyl halides is 2. The first kappa shape index (κ1) is 23.6. The van der Waals surface area contributed by atoms with Crippen LogP contribution in [0.3, 0.4) is 0 Å². The molecule has 0 spiro atoms. The molecule has 4 aromatic rings. The maximum Gasteiger partial charge on any atom is 0.387 e. The van der Waals surface area contributed by atoms with Gasteiger partial charge < -0.3 is 14.4 Å². The topological polar surface area (TPSA) is 74.4 Å². The van der Waals surface area contributed by atoms with Gasteiger partial charge in [0.15, 0.2) is 0 Å². The molecule has 1 fully saturated rings. The van der Waals surface area contributed by atoms with Gasteiger partial charge in [0.1, 0.15) is 5.75 Å². The van der Waals surface area contributed by atoms with Gasteiger partial charge in [-0.05, 0) is 43.0 Å². The fraction of sp³-hybridized carbons (Fsp3) is 0.370. The molecule has 4 heterocycles. The molecule has 8 nitrogen and oxygen atoms in total. The van der Waals surface area contributed by atoms with E-state index in [0.29, 0.717) is 36.5 Å². The molecule has 0 N–H and O–H groups in total. The number of aromatic nitrogens is 4. The summed E-state index contributed by atoms with van der Waals surface area (Å²) in [6.07, 6.45) is 6.34. The Morgan fingerprint density at radius 3 is 2.65 bits per heavy atom. The van der Waals surface area contributed by atoms with E-state index in [9.17, 15) is 13.6 Å². The summed E-state index contributed by atoms with van der Waals surface area (Å²) in [7, 11) is 1.70. The number of methoxy groups -OCH3 is 1. The van der Waals surface area contributed by atoms with Crippen LogP contribution in [0.25, 0.3) is 22.0 Å². The predicted octanol–water partition coefficient (Wildman–Crippen LogP) is 4.47. The standard InChI is InChI=1S/C27H27F2N5O3/c1-36-16-19-5-4-11-32(19)27-30-14-18(15-31-27)17-8-9-21-23(13-17)34-22(10-12-33(34)25(21)35)20-6-2-3-7-24(20)37-26(28)29/h2-3,6-9,13-15,19,22,26H,4-5,10-12,16H2,1H3/t19-,22+/m1/s1. The molecule has 37 heavy (non-hydrogen) atoms. The largest absolute Gasteiger partial charge is 0.434 e. The summed E-state index contributed by atoms with van der Waals surface area (Å²) in [5.41, 5.74) is 2.97. The van der Waals surface area contributed by atoms with E-state index in [-0.39, 0.29) is 23.4 Å². The van der Waals surface area contributed by atoms with E-state index in [4.69, 9.17) is 9.47 Å². The van der Waals surface area contributed by atoms with Gasteiger partial charge in [0.2, 0.25) is 5.95 Å². The lowest BCUT2D eigenvalue weighted by atomic mass is 10.0. The van der Waals surface area contributed by atoms with Crippen molar-refractivity contribution in [3.8, 4) is 16.9 Å². The molecular weight excluding hydrogens is 480 g/mol. The monoisotopic (exact) mass is 507 g/mol. The number of fused-ring (bicyclic) bond motifs is 3. The first-order valence-electron chi connectivity index (χ1n) is 12.4. The Hall–Kier alpha value is -3.79. The minimum atomic E-state index is -2.92. The molecule has 0 amide bonds. The van der Waals surface area contributed by atoms with Crippen molar-refractivity contribution < 1.29 is 18.3 Å². The van der Waals surface area contributed by atoms with Gasteiger partial charge in [-0.25, -0.2) is 14.6 Å². The summed E-state index contributed by atoms with van der Waals surface area (Å²) < 4.78 is 39.9. The lowest BCUT2D eigenvalue weighted by Crippen LogP contribution is -2.34. The molecule has 192 valence electrons. The number of hydrogen-bond acceptors (Lipinski definition) is 6. The molecular formula is C27H27F2N5O3. The smallest absolute Gasteiger partial charge is 0.387 e. The van der Waals surface area contributed by atoms with Crippen LogP contribution in [0.2, 0.25) is 0 Å². The van der Waals surface area contributed by atoms with Gasteiger partial charge in [-0.1, -0.05) is 24.3 Å². The fourth-order valence-electron chi connectivity index (χ4n) is 5.69. The molecule has 2 aliphatic heterocycles. The van der Waals surface area contributed by atoms with Crippen LogP contribution in [-0.2, 0) is 11.3 Å². The predicted molar refractivity (Wildman–Crippen MR) is 135 cm³/mol. The summed E-state index contributed by atoms with van der Waals surface area (Å²) in [5.74, 6) is 0.806. The summed E-state index contributed by atoms with van der Waals surface area (Å²) in [6, 6.07) is 12.4. The highest BCUT2D eigenvalue weighted by molar-refractivity contribution is 5.84. The van der Waals surface area contributed by atoms with E-state index in [1.165, 1.54) is 6.07 Å². The Bertz CT molecular complexity index is 1480. The Morgan fingerprint density at radius 1 is 1.05 bits per heavy atom. The van der Waals surface area contributed by atoms with Gasteiger partial charge in [-0.3, -0.25) is 9.48 Å². The number of hydrogen-bond donors (Lipinski definition) is 0. The third kappa shape index (κ3) is 4.15. The Labute approximate surface area is 212 Å². The zero-order valence-corrected chi connectivity index (χ0v) is 20.4. The second-order valence-electron chi connectivity index (χ2n) is 9.44. The van der Waals surface area contributed by atoms with Gasteiger partial charge in [0, 0.05) is 43.7 Å². The van der Waals surface area contributed by atoms with Crippen LogP contribution in [0.1, 0.15) is 30.9 Å². The molecule has 2 aromatic carbocycles. The van der Waals surface area contributed by atoms with Gasteiger partial charge in [0.25, 0.3) is 5.56 Å². The molecule has 0 radical (unpaired) electrons. The summed E-state index contributed by atoms with van der Waals surface area (Å²) >= 11 is 0. The first-order chi connectivity index (χ1) is 18.0. The summed E-state index contributed by atoms with van der Waals surface area (Å²) in [5, 5.41) is 0.581. The summed E-state index contributed by atoms with van der Waals surface area (Å²) in [4.78, 5) is 24.6. The van der Waals surface area contributed by atoms with Crippen LogP contribution in [-0.4, -0.2) is 52.2 Å². The minimum absolute atomic E-state index is 0.0962. The van der Waals surface area contributed by atoms with Crippen LogP contribution in [0.15, 0.2) is 59.7 Å². The number of para-hydroxylation sites is 1. The number of nitrogens with zero attached hydrogens (tertiary/aromatic N) is 5. The highest BCUT2D eigenvalue weighted by atomic mass is 19.3. The highest BCUT2D eigenvalue weighted by Gasteiger charge is 2.30. The van der Waals surface area contributed by atoms with E-state index in [1.54, 1.807) is 42.4 Å². The zero-order chi connectivity index (χ0) is 25.5. The first-order valence-corrected chi connectivity index (χ1v) is 12.4. The average Bonchev–Trinajstić information content (AvgIpc) is 3.61. The molecule has 6 rings (SSSR count). The molecule has 10 heteroatoms. The lowest BCUT2D eigenvalue weighted by molar-refractivity contribution is -0.0507. The zero-order valence-electron chi connectivity index (χ0n) is 20.4. The van der Waals surface area contributed by atoms with Crippen LogP contribution in [0.4, 0.5) is 14.7 Å². The number of rotatable bonds is 7. The Balaban J connectivity index is 1.37. The van der Waals surface area contributed by atoms with Crippen molar-refractivity contribution in [2.75, 3.05) is 25.2 Å². The number of halogens is 2. The van der Waals surface area contributed by atoms with Gasteiger partial charge in [-0.15, -0.1) is 0 Å². The molecule has 0 unspecified atom stereocenters. The third-order valence-corrected chi connectivity index (χ3v) is 7.34. The molecule has 2 aliphatic rings. The number of anilines is 1. The van der Waals surface area contributed by atoms with Crippen molar-refractivity contribution in [3.05, 3.63) is 70.8 Å².